The second kappa shape index (κ2) is 23.5. The molecule has 64 heavy (non-hydrogen) atoms. The maximum atomic E-state index is 13.8. The van der Waals surface area contributed by atoms with Crippen LogP contribution < -0.4 is 48.8 Å². The Morgan fingerprint density at radius 3 is 1.91 bits per heavy atom. The first-order chi connectivity index (χ1) is 30.2. The van der Waals surface area contributed by atoms with Crippen LogP contribution in [0.3, 0.4) is 0 Å². The maximum absolute atomic E-state index is 13.8. The fourth-order valence-corrected chi connectivity index (χ4v) is 8.11. The van der Waals surface area contributed by atoms with E-state index in [-0.39, 0.29) is 75.8 Å². The number of aromatic nitrogens is 2. The summed E-state index contributed by atoms with van der Waals surface area (Å²) in [5.74, 6) is -1.06. The third kappa shape index (κ3) is 11.6. The fourth-order valence-electron chi connectivity index (χ4n) is 8.11. The number of anilines is 2. The minimum atomic E-state index is -0.753. The first kappa shape index (κ1) is 49.6. The number of aldehydes is 1. The van der Waals surface area contributed by atoms with E-state index >= 15 is 0 Å². The monoisotopic (exact) mass is 875 g/mol. The molecule has 10 nitrogen and oxygen atoms in total. The zero-order chi connectivity index (χ0) is 43.6. The number of aryl methyl sites for hydroxylation is 2. The number of pyridine rings is 2. The number of ether oxygens (including phenoxy) is 2. The van der Waals surface area contributed by atoms with E-state index in [1.165, 1.54) is 36.7 Å². The summed E-state index contributed by atoms with van der Waals surface area (Å²) in [4.78, 5) is 36.9. The molecule has 3 radical (unpaired) electrons. The van der Waals surface area contributed by atoms with Crippen LogP contribution in [-0.4, -0.2) is 79.1 Å². The van der Waals surface area contributed by atoms with Crippen LogP contribution in [0.4, 0.5) is 20.2 Å². The number of rotatable bonds is 14. The molecule has 2 N–H and O–H groups in total. The predicted octanol–water partition coefficient (Wildman–Crippen LogP) is 5.23. The quantitative estimate of drug-likeness (QED) is 0.0855. The summed E-state index contributed by atoms with van der Waals surface area (Å²) in [5.41, 5.74) is 7.68. The van der Waals surface area contributed by atoms with Crippen LogP contribution >= 0.6 is 0 Å². The van der Waals surface area contributed by atoms with Gasteiger partial charge < -0.3 is 30.9 Å². The third-order valence-electron chi connectivity index (χ3n) is 11.4. The summed E-state index contributed by atoms with van der Waals surface area (Å²) in [6.07, 6.45) is 5.60. The Bertz CT molecular complexity index is 2520. The van der Waals surface area contributed by atoms with Gasteiger partial charge in [-0.25, -0.2) is 18.7 Å². The molecule has 2 aromatic heterocycles. The molecule has 1 unspecified atom stereocenters. The van der Waals surface area contributed by atoms with E-state index in [0.717, 1.165) is 71.3 Å². The van der Waals surface area contributed by atoms with Gasteiger partial charge in [0.15, 0.2) is 23.7 Å². The molecule has 6 aromatic rings. The minimum absolute atomic E-state index is 0. The van der Waals surface area contributed by atoms with Crippen LogP contribution in [0.5, 0.6) is 11.8 Å². The molecule has 4 heterocycles. The number of carbonyl (C=O) groups excluding carboxylic acids is 2. The molecule has 0 spiro atoms. The molecular formula is C50H51BF2N4NaO6. The number of carbonyl (C=O) groups is 2. The first-order valence-electron chi connectivity index (χ1n) is 21.0. The van der Waals surface area contributed by atoms with Gasteiger partial charge in [-0.1, -0.05) is 68.4 Å². The summed E-state index contributed by atoms with van der Waals surface area (Å²) >= 11 is 0. The Hall–Kier alpha value is -5.44. The molecule has 325 valence electrons. The number of ketones is 1. The molecule has 3 atom stereocenters. The summed E-state index contributed by atoms with van der Waals surface area (Å²) < 4.78 is 39.1. The van der Waals surface area contributed by atoms with E-state index in [1.54, 1.807) is 18.2 Å². The molecular weight excluding hydrogens is 824 g/mol. The number of aliphatic hydroxyl groups is 2. The molecule has 2 saturated heterocycles. The zero-order valence-corrected chi connectivity index (χ0v) is 38.4. The van der Waals surface area contributed by atoms with Gasteiger partial charge in [-0.05, 0) is 89.7 Å². The first-order valence-corrected chi connectivity index (χ1v) is 21.0. The number of halogens is 2. The van der Waals surface area contributed by atoms with Crippen molar-refractivity contribution in [3.63, 3.8) is 0 Å². The Labute approximate surface area is 398 Å². The number of hydrogen-bond donors (Lipinski definition) is 2. The van der Waals surface area contributed by atoms with Crippen LogP contribution in [0.1, 0.15) is 88.3 Å². The van der Waals surface area contributed by atoms with Gasteiger partial charge in [0.1, 0.15) is 18.3 Å². The topological polar surface area (TPSA) is 125 Å². The van der Waals surface area contributed by atoms with E-state index < -0.39 is 17.7 Å². The largest absolute Gasteiger partial charge is 1.00 e. The van der Waals surface area contributed by atoms with Gasteiger partial charge in [0.25, 0.3) is 11.8 Å². The van der Waals surface area contributed by atoms with E-state index in [4.69, 9.17) is 9.47 Å². The molecule has 2 aliphatic heterocycles. The Morgan fingerprint density at radius 2 is 1.33 bits per heavy atom. The molecule has 0 bridgehead atoms. The molecule has 0 aliphatic carbocycles. The van der Waals surface area contributed by atoms with Gasteiger partial charge in [0, 0.05) is 80.4 Å². The van der Waals surface area contributed by atoms with Gasteiger partial charge in [-0.15, -0.1) is 0 Å². The normalized spacial score (nSPS) is 15.8. The Balaban J connectivity index is 0.000000272. The smallest absolute Gasteiger partial charge is 1.00 e. The standard InChI is InChI=1S/C25H27FN2O3.C25H23FN2O3.B.Na.H/c2*1-2-17-6-3-4-7-21(17)24(30)18-9-10-23(19(14-18)16-29)28-13-11-20(15-28)31-25-22(26)8-5-12-27-25;;;/h3-10,12,14,20,24,29-30H,2,11,13,15-16H2,1H3;3-10,12,14,16,20H,2,11,13,15H2,1H3;;;/q;;;+1;-1/t20-,24?;20-;;;/m00.../s1. The summed E-state index contributed by atoms with van der Waals surface area (Å²) in [6, 6.07) is 32.0. The number of hydrogen-bond acceptors (Lipinski definition) is 10. The third-order valence-corrected chi connectivity index (χ3v) is 11.4. The predicted molar refractivity (Wildman–Crippen MR) is 241 cm³/mol. The van der Waals surface area contributed by atoms with Crippen molar-refractivity contribution < 1.29 is 69.0 Å². The molecule has 2 fully saturated rings. The molecule has 2 aliphatic rings. The van der Waals surface area contributed by atoms with Crippen molar-refractivity contribution in [1.29, 1.82) is 0 Å². The van der Waals surface area contributed by atoms with Crippen molar-refractivity contribution in [2.75, 3.05) is 36.0 Å². The van der Waals surface area contributed by atoms with Crippen LogP contribution in [0.2, 0.25) is 0 Å². The Kier molecular flexibility index (Phi) is 18.2. The summed E-state index contributed by atoms with van der Waals surface area (Å²) in [7, 11) is 0. The van der Waals surface area contributed by atoms with Crippen molar-refractivity contribution in [3.8, 4) is 11.8 Å². The maximum Gasteiger partial charge on any atom is 1.00 e. The second-order valence-corrected chi connectivity index (χ2v) is 15.3. The average Bonchev–Trinajstić information content (AvgIpc) is 3.99. The molecule has 8 rings (SSSR count). The number of aliphatic hydroxyl groups excluding tert-OH is 2. The van der Waals surface area contributed by atoms with Gasteiger partial charge in [-0.3, -0.25) is 9.59 Å². The van der Waals surface area contributed by atoms with Crippen LogP contribution in [0.15, 0.2) is 122 Å². The SMILES string of the molecule is CCc1ccccc1C(=O)c1ccc(N2CC[C@H](Oc3ncccc3F)C2)c(C=O)c1.CCc1ccccc1C(O)c1ccc(N2CC[C@H](Oc3ncccc3F)C2)c(CO)c1.[B].[H-].[Na+]. The fraction of sp³-hybridized carbons (Fsp3) is 0.280. The minimum Gasteiger partial charge on any atom is -1.00 e. The number of benzene rings is 4. The van der Waals surface area contributed by atoms with Crippen molar-refractivity contribution >= 4 is 31.9 Å². The van der Waals surface area contributed by atoms with Crippen molar-refractivity contribution in [3.05, 3.63) is 178 Å². The van der Waals surface area contributed by atoms with Crippen molar-refractivity contribution in [2.45, 2.75) is 64.4 Å². The molecule has 4 aromatic carbocycles. The summed E-state index contributed by atoms with van der Waals surface area (Å²) in [5, 5.41) is 20.9. The van der Waals surface area contributed by atoms with Crippen molar-refractivity contribution in [1.82, 2.24) is 9.97 Å². The molecule has 0 saturated carbocycles. The van der Waals surface area contributed by atoms with E-state index in [0.29, 0.717) is 42.7 Å². The second-order valence-electron chi connectivity index (χ2n) is 15.3. The van der Waals surface area contributed by atoms with E-state index in [2.05, 4.69) is 21.8 Å². The van der Waals surface area contributed by atoms with Crippen LogP contribution in [0.25, 0.3) is 0 Å². The van der Waals surface area contributed by atoms with Gasteiger partial charge in [0.05, 0.1) is 19.7 Å². The average molecular weight is 876 g/mol. The molecule has 14 heteroatoms. The summed E-state index contributed by atoms with van der Waals surface area (Å²) in [6.45, 7) is 6.40. The van der Waals surface area contributed by atoms with Gasteiger partial charge in [-0.2, -0.15) is 0 Å². The molecule has 0 amide bonds. The van der Waals surface area contributed by atoms with E-state index in [9.17, 15) is 28.6 Å². The Morgan fingerprint density at radius 1 is 0.766 bits per heavy atom. The van der Waals surface area contributed by atoms with Gasteiger partial charge in [0.2, 0.25) is 0 Å². The zero-order valence-electron chi connectivity index (χ0n) is 37.4. The van der Waals surface area contributed by atoms with Crippen LogP contribution in [0, 0.1) is 11.6 Å². The number of nitrogens with zero attached hydrogens (tertiary/aromatic N) is 4. The van der Waals surface area contributed by atoms with Gasteiger partial charge >= 0.3 is 29.6 Å². The van der Waals surface area contributed by atoms with Crippen molar-refractivity contribution in [2.24, 2.45) is 0 Å². The van der Waals surface area contributed by atoms with E-state index in [1.807, 2.05) is 78.6 Å². The van der Waals surface area contributed by atoms with Crippen LogP contribution in [-0.2, 0) is 19.4 Å².